The fourth-order valence-corrected chi connectivity index (χ4v) is 3.04. The van der Waals surface area contributed by atoms with Crippen LogP contribution in [0.5, 0.6) is 0 Å². The quantitative estimate of drug-likeness (QED) is 0.607. The Morgan fingerprint density at radius 2 is 1.92 bits per heavy atom. The minimum atomic E-state index is -0.271. The molecule has 0 aliphatic carbocycles. The number of amides is 1. The maximum absolute atomic E-state index is 12.6. The van der Waals surface area contributed by atoms with Crippen LogP contribution in [0.25, 0.3) is 16.6 Å². The Morgan fingerprint density at radius 3 is 2.81 bits per heavy atom. The number of carbonyl (C=O) groups excluding carboxylic acids is 1. The van der Waals surface area contributed by atoms with E-state index in [-0.39, 0.29) is 11.5 Å². The van der Waals surface area contributed by atoms with Crippen molar-refractivity contribution in [2.45, 2.75) is 6.42 Å². The molecule has 7 heteroatoms. The van der Waals surface area contributed by atoms with Crippen LogP contribution in [0.1, 0.15) is 16.2 Å². The number of hydrogen-bond acceptors (Lipinski definition) is 4. The molecule has 0 saturated carbocycles. The predicted molar refractivity (Wildman–Crippen MR) is 98.2 cm³/mol. The fraction of sp³-hybridized carbons (Fsp3) is 0.158. The molecule has 130 valence electrons. The predicted octanol–water partition coefficient (Wildman–Crippen LogP) is 1.55. The van der Waals surface area contributed by atoms with Crippen LogP contribution >= 0.6 is 0 Å². The van der Waals surface area contributed by atoms with Crippen LogP contribution in [0.3, 0.4) is 0 Å². The summed E-state index contributed by atoms with van der Waals surface area (Å²) < 4.78 is 3.42. The van der Waals surface area contributed by atoms with E-state index < -0.39 is 0 Å². The second-order valence-corrected chi connectivity index (χ2v) is 6.02. The third-order valence-electron chi connectivity index (χ3n) is 4.42. The zero-order chi connectivity index (χ0) is 18.1. The molecule has 4 rings (SSSR count). The zero-order valence-electron chi connectivity index (χ0n) is 14.2. The molecule has 1 amide bonds. The normalized spacial score (nSPS) is 11.1. The third kappa shape index (κ3) is 2.73. The minimum Gasteiger partial charge on any atom is -0.352 e. The van der Waals surface area contributed by atoms with E-state index in [2.05, 4.69) is 15.5 Å². The van der Waals surface area contributed by atoms with Crippen LogP contribution in [-0.4, -0.2) is 31.6 Å². The molecule has 0 spiro atoms. The maximum atomic E-state index is 12.6. The van der Waals surface area contributed by atoms with Crippen molar-refractivity contribution in [3.63, 3.8) is 0 Å². The monoisotopic (exact) mass is 347 g/mol. The van der Waals surface area contributed by atoms with Crippen LogP contribution in [0, 0.1) is 0 Å². The first-order chi connectivity index (χ1) is 12.6. The molecular weight excluding hydrogens is 330 g/mol. The van der Waals surface area contributed by atoms with Gasteiger partial charge in [-0.3, -0.25) is 14.0 Å². The highest BCUT2D eigenvalue weighted by Gasteiger charge is 2.13. The first-order valence-electron chi connectivity index (χ1n) is 8.31. The van der Waals surface area contributed by atoms with Crippen molar-refractivity contribution in [2.75, 3.05) is 6.54 Å². The van der Waals surface area contributed by atoms with Gasteiger partial charge in [-0.15, -0.1) is 10.2 Å². The van der Waals surface area contributed by atoms with E-state index in [0.717, 1.165) is 22.4 Å². The first-order valence-corrected chi connectivity index (χ1v) is 8.31. The van der Waals surface area contributed by atoms with Gasteiger partial charge in [-0.05, 0) is 18.2 Å². The Labute approximate surface area is 148 Å². The summed E-state index contributed by atoms with van der Waals surface area (Å²) in [6, 6.07) is 14.4. The Balaban J connectivity index is 1.55. The number of hydrogen-bond donors (Lipinski definition) is 1. The number of nitrogens with one attached hydrogen (secondary N) is 1. The summed E-state index contributed by atoms with van der Waals surface area (Å²) in [6.07, 6.45) is 2.43. The molecule has 3 heterocycles. The lowest BCUT2D eigenvalue weighted by molar-refractivity contribution is 0.0955. The number of aryl methyl sites for hydroxylation is 1. The second kappa shape index (κ2) is 6.44. The molecule has 1 N–H and O–H groups in total. The van der Waals surface area contributed by atoms with Gasteiger partial charge >= 0.3 is 0 Å². The molecule has 0 aliphatic heterocycles. The zero-order valence-corrected chi connectivity index (χ0v) is 14.2. The van der Waals surface area contributed by atoms with Crippen LogP contribution < -0.4 is 10.9 Å². The van der Waals surface area contributed by atoms with E-state index in [4.69, 9.17) is 0 Å². The highest BCUT2D eigenvalue weighted by Crippen LogP contribution is 2.16. The lowest BCUT2D eigenvalue weighted by Crippen LogP contribution is -2.28. The van der Waals surface area contributed by atoms with Gasteiger partial charge in [0.1, 0.15) is 5.82 Å². The molecule has 26 heavy (non-hydrogen) atoms. The second-order valence-electron chi connectivity index (χ2n) is 6.02. The Morgan fingerprint density at radius 1 is 1.12 bits per heavy atom. The van der Waals surface area contributed by atoms with Gasteiger partial charge in [0.05, 0.1) is 11.1 Å². The van der Waals surface area contributed by atoms with E-state index in [1.165, 1.54) is 10.6 Å². The average molecular weight is 347 g/mol. The lowest BCUT2D eigenvalue weighted by Gasteiger charge is -2.10. The summed E-state index contributed by atoms with van der Waals surface area (Å²) >= 11 is 0. The van der Waals surface area contributed by atoms with Gasteiger partial charge in [-0.2, -0.15) is 0 Å². The van der Waals surface area contributed by atoms with E-state index in [9.17, 15) is 9.59 Å². The molecule has 0 aliphatic rings. The summed E-state index contributed by atoms with van der Waals surface area (Å²) in [5.41, 5.74) is 1.67. The molecule has 0 bridgehead atoms. The van der Waals surface area contributed by atoms with E-state index >= 15 is 0 Å². The number of benzene rings is 1. The number of aromatic nitrogens is 4. The molecule has 0 radical (unpaired) electrons. The molecule has 0 atom stereocenters. The van der Waals surface area contributed by atoms with Gasteiger partial charge in [0.25, 0.3) is 11.5 Å². The fourth-order valence-electron chi connectivity index (χ4n) is 3.04. The van der Waals surface area contributed by atoms with Crippen LogP contribution in [0.15, 0.2) is 59.5 Å². The maximum Gasteiger partial charge on any atom is 0.252 e. The summed E-state index contributed by atoms with van der Waals surface area (Å²) in [5, 5.41) is 11.9. The number of pyridine rings is 2. The largest absolute Gasteiger partial charge is 0.352 e. The van der Waals surface area contributed by atoms with Crippen molar-refractivity contribution in [3.8, 4) is 0 Å². The molecule has 1 aromatic carbocycles. The molecule has 7 nitrogen and oxygen atoms in total. The van der Waals surface area contributed by atoms with Crippen LogP contribution in [0.2, 0.25) is 0 Å². The Kier molecular flexibility index (Phi) is 3.96. The summed E-state index contributed by atoms with van der Waals surface area (Å²) in [7, 11) is 1.70. The smallest absolute Gasteiger partial charge is 0.252 e. The minimum absolute atomic E-state index is 0.211. The van der Waals surface area contributed by atoms with Gasteiger partial charge < -0.3 is 9.88 Å². The number of fused-ring (bicyclic) bond motifs is 2. The first kappa shape index (κ1) is 16.0. The van der Waals surface area contributed by atoms with Gasteiger partial charge in [0.2, 0.25) is 0 Å². The molecule has 0 unspecified atom stereocenters. The number of rotatable bonds is 4. The Bertz CT molecular complexity index is 1180. The van der Waals surface area contributed by atoms with Gasteiger partial charge in [-0.25, -0.2) is 0 Å². The van der Waals surface area contributed by atoms with Crippen molar-refractivity contribution in [2.24, 2.45) is 7.05 Å². The van der Waals surface area contributed by atoms with Crippen molar-refractivity contribution in [1.82, 2.24) is 24.5 Å². The topological polar surface area (TPSA) is 81.3 Å². The summed E-state index contributed by atoms with van der Waals surface area (Å²) in [6.45, 7) is 0.401. The van der Waals surface area contributed by atoms with Crippen LogP contribution in [-0.2, 0) is 13.5 Å². The molecule has 0 fully saturated rings. The molecule has 4 aromatic rings. The molecule has 3 aromatic heterocycles. The SMILES string of the molecule is Cn1c(=O)cc(C(=O)NCCc2nnc3ccccn23)c2ccccc21. The molecular formula is C19H17N5O2. The third-order valence-corrected chi connectivity index (χ3v) is 4.42. The van der Waals surface area contributed by atoms with Crippen molar-refractivity contribution in [1.29, 1.82) is 0 Å². The number of para-hydroxylation sites is 1. The van der Waals surface area contributed by atoms with Crippen LogP contribution in [0.4, 0.5) is 0 Å². The Hall–Kier alpha value is -3.48. The average Bonchev–Trinajstić information content (AvgIpc) is 3.08. The van der Waals surface area contributed by atoms with E-state index in [0.29, 0.717) is 18.5 Å². The number of carbonyl (C=O) groups is 1. The number of nitrogens with zero attached hydrogens (tertiary/aromatic N) is 4. The van der Waals surface area contributed by atoms with Crippen molar-refractivity contribution in [3.05, 3.63) is 76.5 Å². The summed E-state index contributed by atoms with van der Waals surface area (Å²) in [5.74, 6) is 0.502. The van der Waals surface area contributed by atoms with Gasteiger partial charge in [0.15, 0.2) is 5.65 Å². The van der Waals surface area contributed by atoms with Crippen molar-refractivity contribution < 1.29 is 4.79 Å². The van der Waals surface area contributed by atoms with E-state index in [1.54, 1.807) is 7.05 Å². The summed E-state index contributed by atoms with van der Waals surface area (Å²) in [4.78, 5) is 24.7. The van der Waals surface area contributed by atoms with Gasteiger partial charge in [-0.1, -0.05) is 24.3 Å². The van der Waals surface area contributed by atoms with E-state index in [1.807, 2.05) is 53.1 Å². The highest BCUT2D eigenvalue weighted by atomic mass is 16.2. The lowest BCUT2D eigenvalue weighted by atomic mass is 10.1. The van der Waals surface area contributed by atoms with Gasteiger partial charge in [0, 0.05) is 37.7 Å². The molecule has 0 saturated heterocycles. The van der Waals surface area contributed by atoms with Crippen molar-refractivity contribution >= 4 is 22.5 Å². The highest BCUT2D eigenvalue weighted by molar-refractivity contribution is 6.06. The standard InChI is InChI=1S/C19H17N5O2/c1-23-15-7-3-2-6-13(15)14(12-18(23)25)19(26)20-10-9-17-22-21-16-8-4-5-11-24(16)17/h2-8,11-12H,9-10H2,1H3,(H,20,26).